The molecule has 1 fully saturated rings. The lowest BCUT2D eigenvalue weighted by atomic mass is 10.2. The first-order chi connectivity index (χ1) is 13.5. The minimum Gasteiger partial charge on any atom is -0.291 e. The molecule has 0 amide bonds. The summed E-state index contributed by atoms with van der Waals surface area (Å²) in [6.45, 7) is 4.17. The van der Waals surface area contributed by atoms with Gasteiger partial charge in [0, 0.05) is 26.2 Å². The van der Waals surface area contributed by atoms with Crippen LogP contribution in [-0.4, -0.2) is 64.0 Å². The van der Waals surface area contributed by atoms with Crippen LogP contribution in [0, 0.1) is 0 Å². The van der Waals surface area contributed by atoms with Crippen molar-refractivity contribution in [1.29, 1.82) is 0 Å². The van der Waals surface area contributed by atoms with Gasteiger partial charge in [-0.2, -0.15) is 8.99 Å². The van der Waals surface area contributed by atoms with Crippen molar-refractivity contribution in [1.82, 2.24) is 29.4 Å². The molecule has 1 atom stereocenters. The lowest BCUT2D eigenvalue weighted by Crippen LogP contribution is -2.49. The summed E-state index contributed by atoms with van der Waals surface area (Å²) in [7, 11) is -3.45. The number of hydrogen-bond donors (Lipinski definition) is 0. The summed E-state index contributed by atoms with van der Waals surface area (Å²) in [5, 5.41) is 12.2. The fourth-order valence-corrected chi connectivity index (χ4v) is 6.85. The lowest BCUT2D eigenvalue weighted by molar-refractivity contribution is 0.140. The topological polar surface area (TPSA) is 84.2 Å². The monoisotopic (exact) mass is 482 g/mol. The minimum absolute atomic E-state index is 0.0315. The fraction of sp³-hybridized carbons (Fsp3) is 0.353. The smallest absolute Gasteiger partial charge is 0.252 e. The van der Waals surface area contributed by atoms with Gasteiger partial charge in [0.25, 0.3) is 10.0 Å². The number of halogens is 1. The molecule has 0 bridgehead atoms. The van der Waals surface area contributed by atoms with Gasteiger partial charge in [-0.1, -0.05) is 18.2 Å². The first-order valence-electron chi connectivity index (χ1n) is 8.80. The summed E-state index contributed by atoms with van der Waals surface area (Å²) >= 11 is 4.57. The fourth-order valence-electron chi connectivity index (χ4n) is 3.27. The molecule has 1 aromatic carbocycles. The molecule has 1 unspecified atom stereocenters. The van der Waals surface area contributed by atoms with Crippen molar-refractivity contribution in [2.75, 3.05) is 26.2 Å². The van der Waals surface area contributed by atoms with Crippen LogP contribution in [0.1, 0.15) is 18.8 Å². The Kier molecular flexibility index (Phi) is 5.61. The van der Waals surface area contributed by atoms with Crippen LogP contribution in [-0.2, 0) is 10.0 Å². The van der Waals surface area contributed by atoms with Gasteiger partial charge in [-0.25, -0.2) is 8.42 Å². The first-order valence-corrected chi connectivity index (χ1v) is 11.8. The second-order valence-corrected chi connectivity index (χ2v) is 11.1. The van der Waals surface area contributed by atoms with Crippen molar-refractivity contribution in [2.24, 2.45) is 0 Å². The van der Waals surface area contributed by atoms with E-state index in [9.17, 15) is 8.42 Å². The van der Waals surface area contributed by atoms with E-state index in [2.05, 4.69) is 36.4 Å². The number of rotatable bonds is 5. The van der Waals surface area contributed by atoms with Crippen LogP contribution >= 0.6 is 27.3 Å². The standard InChI is InChI=1S/C17H19BrN6O2S2/c1-13(17-19-20-21-24(17)14-5-3-2-4-6-14)22-9-11-23(12-10-22)28(25,26)16-8-7-15(18)27-16/h2-8,13H,9-12H2,1H3. The Morgan fingerprint density at radius 3 is 2.43 bits per heavy atom. The average molecular weight is 483 g/mol. The zero-order valence-corrected chi connectivity index (χ0v) is 18.4. The quantitative estimate of drug-likeness (QED) is 0.555. The summed E-state index contributed by atoms with van der Waals surface area (Å²) in [6, 6.07) is 13.1. The van der Waals surface area contributed by atoms with Crippen molar-refractivity contribution in [3.63, 3.8) is 0 Å². The molecule has 8 nitrogen and oxygen atoms in total. The zero-order valence-electron chi connectivity index (χ0n) is 15.1. The average Bonchev–Trinajstić information content (AvgIpc) is 3.38. The van der Waals surface area contributed by atoms with Gasteiger partial charge >= 0.3 is 0 Å². The summed E-state index contributed by atoms with van der Waals surface area (Å²) in [5.74, 6) is 0.740. The highest BCUT2D eigenvalue weighted by Gasteiger charge is 2.32. The Labute approximate surface area is 176 Å². The van der Waals surface area contributed by atoms with E-state index >= 15 is 0 Å². The highest BCUT2D eigenvalue weighted by molar-refractivity contribution is 9.11. The summed E-state index contributed by atoms with van der Waals surface area (Å²) in [5.41, 5.74) is 0.902. The van der Waals surface area contributed by atoms with Gasteiger partial charge in [0.15, 0.2) is 5.82 Å². The molecule has 0 saturated carbocycles. The van der Waals surface area contributed by atoms with Gasteiger partial charge in [-0.3, -0.25) is 4.90 Å². The predicted molar refractivity (Wildman–Crippen MR) is 110 cm³/mol. The maximum atomic E-state index is 12.8. The van der Waals surface area contributed by atoms with Crippen LogP contribution in [0.15, 0.2) is 50.5 Å². The van der Waals surface area contributed by atoms with E-state index in [1.807, 2.05) is 37.3 Å². The molecule has 3 aromatic rings. The van der Waals surface area contributed by atoms with Crippen LogP contribution in [0.5, 0.6) is 0 Å². The Bertz CT molecular complexity index is 1040. The molecule has 0 spiro atoms. The van der Waals surface area contributed by atoms with E-state index in [4.69, 9.17) is 0 Å². The van der Waals surface area contributed by atoms with Crippen LogP contribution in [0.25, 0.3) is 5.69 Å². The van der Waals surface area contributed by atoms with Gasteiger partial charge in [-0.05, 0) is 57.5 Å². The number of benzene rings is 1. The van der Waals surface area contributed by atoms with E-state index < -0.39 is 10.0 Å². The number of tetrazole rings is 1. The minimum atomic E-state index is -3.45. The molecule has 0 radical (unpaired) electrons. The van der Waals surface area contributed by atoms with Crippen molar-refractivity contribution in [3.8, 4) is 5.69 Å². The molecule has 2 aromatic heterocycles. The maximum absolute atomic E-state index is 12.8. The van der Waals surface area contributed by atoms with Crippen molar-refractivity contribution < 1.29 is 8.42 Å². The molecular formula is C17H19BrN6O2S2. The van der Waals surface area contributed by atoms with E-state index in [1.54, 1.807) is 21.1 Å². The second kappa shape index (κ2) is 7.99. The normalized spacial score (nSPS) is 17.6. The van der Waals surface area contributed by atoms with Crippen molar-refractivity contribution in [2.45, 2.75) is 17.2 Å². The SMILES string of the molecule is CC(c1nnnn1-c1ccccc1)N1CCN(S(=O)(=O)c2ccc(Br)s2)CC1. The predicted octanol–water partition coefficient (Wildman–Crippen LogP) is 2.55. The third-order valence-corrected chi connectivity index (χ3v) is 8.82. The number of sulfonamides is 1. The molecule has 3 heterocycles. The van der Waals surface area contributed by atoms with E-state index in [0.29, 0.717) is 30.4 Å². The molecule has 148 valence electrons. The molecule has 1 aliphatic heterocycles. The Morgan fingerprint density at radius 1 is 1.07 bits per heavy atom. The molecule has 0 aliphatic carbocycles. The summed E-state index contributed by atoms with van der Waals surface area (Å²) in [6.07, 6.45) is 0. The van der Waals surface area contributed by atoms with Gasteiger partial charge < -0.3 is 0 Å². The number of piperazine rings is 1. The van der Waals surface area contributed by atoms with Crippen LogP contribution < -0.4 is 0 Å². The largest absolute Gasteiger partial charge is 0.291 e. The Balaban J connectivity index is 1.47. The lowest BCUT2D eigenvalue weighted by Gasteiger charge is -2.36. The van der Waals surface area contributed by atoms with Crippen LogP contribution in [0.4, 0.5) is 0 Å². The Morgan fingerprint density at radius 2 is 1.79 bits per heavy atom. The molecule has 11 heteroatoms. The summed E-state index contributed by atoms with van der Waals surface area (Å²) < 4.78 is 30.1. The van der Waals surface area contributed by atoms with E-state index in [1.165, 1.54) is 11.3 Å². The first kappa shape index (κ1) is 19.6. The number of nitrogens with zero attached hydrogens (tertiary/aromatic N) is 6. The highest BCUT2D eigenvalue weighted by atomic mass is 79.9. The van der Waals surface area contributed by atoms with Crippen molar-refractivity contribution >= 4 is 37.3 Å². The number of hydrogen-bond acceptors (Lipinski definition) is 7. The van der Waals surface area contributed by atoms with E-state index in [-0.39, 0.29) is 6.04 Å². The zero-order chi connectivity index (χ0) is 19.7. The molecule has 1 saturated heterocycles. The van der Waals surface area contributed by atoms with Gasteiger partial charge in [-0.15, -0.1) is 16.4 Å². The molecule has 28 heavy (non-hydrogen) atoms. The van der Waals surface area contributed by atoms with Gasteiger partial charge in [0.1, 0.15) is 4.21 Å². The third-order valence-electron chi connectivity index (χ3n) is 4.83. The maximum Gasteiger partial charge on any atom is 0.252 e. The van der Waals surface area contributed by atoms with E-state index in [0.717, 1.165) is 15.3 Å². The second-order valence-electron chi connectivity index (χ2n) is 6.46. The highest BCUT2D eigenvalue weighted by Crippen LogP contribution is 2.30. The van der Waals surface area contributed by atoms with Gasteiger partial charge in [0.05, 0.1) is 15.5 Å². The summed E-state index contributed by atoms with van der Waals surface area (Å²) in [4.78, 5) is 2.21. The Hall–Kier alpha value is -1.66. The van der Waals surface area contributed by atoms with Crippen LogP contribution in [0.3, 0.4) is 0 Å². The molecular weight excluding hydrogens is 464 g/mol. The number of para-hydroxylation sites is 1. The van der Waals surface area contributed by atoms with Crippen molar-refractivity contribution in [3.05, 3.63) is 52.1 Å². The molecule has 4 rings (SSSR count). The van der Waals surface area contributed by atoms with Crippen LogP contribution in [0.2, 0.25) is 0 Å². The number of aromatic nitrogens is 4. The molecule has 1 aliphatic rings. The molecule has 0 N–H and O–H groups in total. The van der Waals surface area contributed by atoms with Gasteiger partial charge in [0.2, 0.25) is 0 Å². The third kappa shape index (κ3) is 3.77. The number of thiophene rings is 1.